The van der Waals surface area contributed by atoms with Gasteiger partial charge in [-0.2, -0.15) is 0 Å². The summed E-state index contributed by atoms with van der Waals surface area (Å²) in [5.41, 5.74) is 1.35. The number of hydrogen-bond acceptors (Lipinski definition) is 1. The largest absolute Gasteiger partial charge is 0.465 e. The van der Waals surface area contributed by atoms with Crippen molar-refractivity contribution < 1.29 is 9.90 Å². The zero-order chi connectivity index (χ0) is 12.1. The van der Waals surface area contributed by atoms with Gasteiger partial charge in [-0.25, -0.2) is 4.79 Å². The van der Waals surface area contributed by atoms with Crippen LogP contribution in [0.2, 0.25) is 0 Å². The lowest BCUT2D eigenvalue weighted by molar-refractivity contribution is 0.189. The molecule has 0 aromatic rings. The third-order valence-corrected chi connectivity index (χ3v) is 4.05. The molecule has 0 saturated heterocycles. The highest BCUT2D eigenvalue weighted by molar-refractivity contribution is 5.65. The van der Waals surface area contributed by atoms with Crippen molar-refractivity contribution in [1.29, 1.82) is 0 Å². The second-order valence-electron chi connectivity index (χ2n) is 5.39. The minimum absolute atomic E-state index is 0.0863. The fourth-order valence-electron chi connectivity index (χ4n) is 3.15. The van der Waals surface area contributed by atoms with Crippen molar-refractivity contribution in [2.75, 3.05) is 0 Å². The summed E-state index contributed by atoms with van der Waals surface area (Å²) in [7, 11) is 0. The Kier molecular flexibility index (Phi) is 4.46. The molecule has 2 aliphatic rings. The SMILES string of the molecule is O=C(O)NC1CCCCC1=CC1CCCCC1. The number of rotatable bonds is 2. The third-order valence-electron chi connectivity index (χ3n) is 4.05. The molecule has 1 amide bonds. The smallest absolute Gasteiger partial charge is 0.405 e. The van der Waals surface area contributed by atoms with E-state index in [0.29, 0.717) is 5.92 Å². The van der Waals surface area contributed by atoms with Gasteiger partial charge in [0.05, 0.1) is 6.04 Å². The molecule has 2 saturated carbocycles. The van der Waals surface area contributed by atoms with Gasteiger partial charge in [-0.3, -0.25) is 0 Å². The van der Waals surface area contributed by atoms with Crippen LogP contribution in [0.4, 0.5) is 4.79 Å². The van der Waals surface area contributed by atoms with Crippen LogP contribution in [0.1, 0.15) is 57.8 Å². The maximum Gasteiger partial charge on any atom is 0.405 e. The van der Waals surface area contributed by atoms with E-state index in [0.717, 1.165) is 19.3 Å². The van der Waals surface area contributed by atoms with Gasteiger partial charge in [-0.05, 0) is 38.0 Å². The zero-order valence-corrected chi connectivity index (χ0v) is 10.5. The van der Waals surface area contributed by atoms with Crippen LogP contribution in [0.5, 0.6) is 0 Å². The normalized spacial score (nSPS) is 29.2. The molecule has 0 bridgehead atoms. The third kappa shape index (κ3) is 3.76. The quantitative estimate of drug-likeness (QED) is 0.719. The van der Waals surface area contributed by atoms with Gasteiger partial charge in [0.15, 0.2) is 0 Å². The molecule has 96 valence electrons. The summed E-state index contributed by atoms with van der Waals surface area (Å²) in [6, 6.07) is 0.0863. The Morgan fingerprint density at radius 1 is 1.12 bits per heavy atom. The Balaban J connectivity index is 1.98. The Morgan fingerprint density at radius 3 is 2.53 bits per heavy atom. The van der Waals surface area contributed by atoms with E-state index in [-0.39, 0.29) is 6.04 Å². The fraction of sp³-hybridized carbons (Fsp3) is 0.786. The van der Waals surface area contributed by atoms with Gasteiger partial charge >= 0.3 is 6.09 Å². The van der Waals surface area contributed by atoms with Crippen LogP contribution in [0, 0.1) is 5.92 Å². The molecule has 17 heavy (non-hydrogen) atoms. The first-order chi connectivity index (χ1) is 8.25. The average Bonchev–Trinajstić information content (AvgIpc) is 2.32. The maximum absolute atomic E-state index is 10.8. The van der Waals surface area contributed by atoms with E-state index in [1.54, 1.807) is 0 Å². The summed E-state index contributed by atoms with van der Waals surface area (Å²) in [5.74, 6) is 0.704. The molecule has 0 aromatic heterocycles. The molecule has 2 aliphatic carbocycles. The number of allylic oxidation sites excluding steroid dienone is 1. The molecular weight excluding hydrogens is 214 g/mol. The molecule has 2 fully saturated rings. The average molecular weight is 237 g/mol. The van der Waals surface area contributed by atoms with Crippen molar-refractivity contribution in [3.8, 4) is 0 Å². The highest BCUT2D eigenvalue weighted by atomic mass is 16.4. The first-order valence-corrected chi connectivity index (χ1v) is 6.96. The van der Waals surface area contributed by atoms with Crippen LogP contribution in [-0.2, 0) is 0 Å². The van der Waals surface area contributed by atoms with Crippen LogP contribution in [0.15, 0.2) is 11.6 Å². The summed E-state index contributed by atoms with van der Waals surface area (Å²) in [6.45, 7) is 0. The van der Waals surface area contributed by atoms with E-state index in [1.165, 1.54) is 44.1 Å². The van der Waals surface area contributed by atoms with Gasteiger partial charge in [0.1, 0.15) is 0 Å². The first kappa shape index (κ1) is 12.5. The number of amides is 1. The van der Waals surface area contributed by atoms with E-state index in [9.17, 15) is 4.79 Å². The van der Waals surface area contributed by atoms with Gasteiger partial charge in [0.2, 0.25) is 0 Å². The predicted molar refractivity (Wildman–Crippen MR) is 68.1 cm³/mol. The Morgan fingerprint density at radius 2 is 1.82 bits per heavy atom. The van der Waals surface area contributed by atoms with Gasteiger partial charge in [-0.15, -0.1) is 0 Å². The van der Waals surface area contributed by atoms with Gasteiger partial charge in [-0.1, -0.05) is 37.3 Å². The summed E-state index contributed by atoms with van der Waals surface area (Å²) in [6.07, 6.45) is 12.6. The molecule has 0 aromatic carbocycles. The van der Waals surface area contributed by atoms with E-state index >= 15 is 0 Å². The highest BCUT2D eigenvalue weighted by Gasteiger charge is 2.22. The number of carboxylic acid groups (broad SMARTS) is 1. The molecule has 3 heteroatoms. The monoisotopic (exact) mass is 237 g/mol. The second-order valence-corrected chi connectivity index (χ2v) is 5.39. The number of nitrogens with one attached hydrogen (secondary N) is 1. The summed E-state index contributed by atoms with van der Waals surface area (Å²) >= 11 is 0. The molecule has 2 N–H and O–H groups in total. The van der Waals surface area contributed by atoms with E-state index in [2.05, 4.69) is 11.4 Å². The first-order valence-electron chi connectivity index (χ1n) is 6.96. The van der Waals surface area contributed by atoms with Crippen LogP contribution in [0.3, 0.4) is 0 Å². The topological polar surface area (TPSA) is 49.3 Å². The van der Waals surface area contributed by atoms with Crippen molar-refractivity contribution in [1.82, 2.24) is 5.32 Å². The fourth-order valence-corrected chi connectivity index (χ4v) is 3.15. The minimum atomic E-state index is -0.883. The summed E-state index contributed by atoms with van der Waals surface area (Å²) in [5, 5.41) is 11.5. The predicted octanol–water partition coefficient (Wildman–Crippen LogP) is 3.70. The van der Waals surface area contributed by atoms with Crippen LogP contribution in [0.25, 0.3) is 0 Å². The Hall–Kier alpha value is -0.990. The Labute approximate surface area is 103 Å². The summed E-state index contributed by atoms with van der Waals surface area (Å²) in [4.78, 5) is 10.8. The van der Waals surface area contributed by atoms with E-state index in [1.807, 2.05) is 0 Å². The molecule has 1 atom stereocenters. The van der Waals surface area contributed by atoms with Gasteiger partial charge in [0.25, 0.3) is 0 Å². The lowest BCUT2D eigenvalue weighted by Gasteiger charge is -2.28. The minimum Gasteiger partial charge on any atom is -0.465 e. The summed E-state index contributed by atoms with van der Waals surface area (Å²) < 4.78 is 0. The molecule has 0 heterocycles. The lowest BCUT2D eigenvalue weighted by Crippen LogP contribution is -2.37. The van der Waals surface area contributed by atoms with Crippen molar-refractivity contribution in [2.45, 2.75) is 63.8 Å². The van der Waals surface area contributed by atoms with Gasteiger partial charge in [0, 0.05) is 0 Å². The molecule has 3 nitrogen and oxygen atoms in total. The molecule has 0 aliphatic heterocycles. The number of hydrogen-bond donors (Lipinski definition) is 2. The maximum atomic E-state index is 10.8. The van der Waals surface area contributed by atoms with Crippen LogP contribution in [-0.4, -0.2) is 17.2 Å². The van der Waals surface area contributed by atoms with Crippen molar-refractivity contribution in [3.05, 3.63) is 11.6 Å². The van der Waals surface area contributed by atoms with Crippen LogP contribution >= 0.6 is 0 Å². The second kappa shape index (κ2) is 6.08. The lowest BCUT2D eigenvalue weighted by atomic mass is 9.83. The van der Waals surface area contributed by atoms with E-state index < -0.39 is 6.09 Å². The standard InChI is InChI=1S/C14H23NO2/c16-14(17)15-13-9-5-4-8-12(13)10-11-6-2-1-3-7-11/h10-11,13,15H,1-9H2,(H,16,17). The molecule has 2 rings (SSSR count). The van der Waals surface area contributed by atoms with Crippen molar-refractivity contribution >= 4 is 6.09 Å². The molecular formula is C14H23NO2. The molecule has 0 radical (unpaired) electrons. The number of carbonyl (C=O) groups is 1. The van der Waals surface area contributed by atoms with E-state index in [4.69, 9.17) is 5.11 Å². The zero-order valence-electron chi connectivity index (χ0n) is 10.5. The molecule has 1 unspecified atom stereocenters. The van der Waals surface area contributed by atoms with Gasteiger partial charge < -0.3 is 10.4 Å². The Bertz CT molecular complexity index is 293. The highest BCUT2D eigenvalue weighted by Crippen LogP contribution is 2.30. The molecule has 0 spiro atoms. The van der Waals surface area contributed by atoms with Crippen molar-refractivity contribution in [2.24, 2.45) is 5.92 Å². The van der Waals surface area contributed by atoms with Crippen LogP contribution < -0.4 is 5.32 Å². The van der Waals surface area contributed by atoms with Crippen molar-refractivity contribution in [3.63, 3.8) is 0 Å².